The summed E-state index contributed by atoms with van der Waals surface area (Å²) in [5, 5.41) is 11.1. The number of aliphatic hydroxyl groups excluding tert-OH is 1. The highest BCUT2D eigenvalue weighted by molar-refractivity contribution is 8.18. The highest BCUT2D eigenvalue weighted by atomic mass is 32.2. The molecular weight excluding hydrogens is 775 g/mol. The topological polar surface area (TPSA) is 55.8 Å². The molecule has 0 bridgehead atoms. The van der Waals surface area contributed by atoms with E-state index in [9.17, 15) is 36.2 Å². The van der Waals surface area contributed by atoms with Crippen LogP contribution in [0, 0.1) is 25.5 Å². The summed E-state index contributed by atoms with van der Waals surface area (Å²) >= 11 is 7.05. The largest absolute Gasteiger partial charge is 0.435 e. The number of carbonyl (C=O) groups is 1. The predicted molar refractivity (Wildman–Crippen MR) is 209 cm³/mol. The Labute approximate surface area is 324 Å². The molecule has 0 aliphatic carbocycles. The summed E-state index contributed by atoms with van der Waals surface area (Å²) in [6.07, 6.45) is 2.01. The lowest BCUT2D eigenvalue weighted by Crippen LogP contribution is -2.30. The van der Waals surface area contributed by atoms with E-state index in [1.165, 1.54) is 60.4 Å². The fraction of sp³-hybridized carbons (Fsp3) is 0.359. The molecule has 4 nitrogen and oxygen atoms in total. The summed E-state index contributed by atoms with van der Waals surface area (Å²) in [4.78, 5) is 10.3. The number of aldehydes is 1. The Hall–Kier alpha value is -2.91. The minimum absolute atomic E-state index is 0. The third kappa shape index (κ3) is 13.1. The van der Waals surface area contributed by atoms with E-state index in [1.807, 2.05) is 29.6 Å². The van der Waals surface area contributed by atoms with Gasteiger partial charge in [-0.25, -0.2) is 8.78 Å². The first-order valence-corrected chi connectivity index (χ1v) is 20.3. The fourth-order valence-electron chi connectivity index (χ4n) is 5.33. The second-order valence-electron chi connectivity index (χ2n) is 11.5. The summed E-state index contributed by atoms with van der Waals surface area (Å²) in [7, 11) is 0. The van der Waals surface area contributed by atoms with Crippen LogP contribution in [0.2, 0.25) is 0 Å². The van der Waals surface area contributed by atoms with Gasteiger partial charge in [-0.3, -0.25) is 4.79 Å². The Kier molecular flexibility index (Phi) is 18.3. The number of rotatable bonds is 9. The molecule has 6 rings (SSSR count). The van der Waals surface area contributed by atoms with Crippen LogP contribution in [0.15, 0.2) is 84.9 Å². The van der Waals surface area contributed by atoms with Gasteiger partial charge in [-0.05, 0) is 126 Å². The zero-order valence-corrected chi connectivity index (χ0v) is 31.6. The van der Waals surface area contributed by atoms with Gasteiger partial charge in [0.2, 0.25) is 0 Å². The van der Waals surface area contributed by atoms with Crippen molar-refractivity contribution in [1.29, 1.82) is 0 Å². The molecule has 0 saturated carbocycles. The van der Waals surface area contributed by atoms with Crippen molar-refractivity contribution in [3.8, 4) is 11.5 Å². The van der Waals surface area contributed by atoms with Crippen LogP contribution in [0.5, 0.6) is 11.5 Å². The molecule has 0 aromatic heterocycles. The number of aryl methyl sites for hydroxylation is 2. The van der Waals surface area contributed by atoms with Crippen molar-refractivity contribution in [2.24, 2.45) is 0 Å². The molecule has 1 unspecified atom stereocenters. The number of hydrogen-bond acceptors (Lipinski definition) is 8. The Morgan fingerprint density at radius 3 is 1.81 bits per heavy atom. The average molecular weight is 817 g/mol. The van der Waals surface area contributed by atoms with Crippen LogP contribution in [-0.4, -0.2) is 47.6 Å². The fourth-order valence-corrected chi connectivity index (χ4v) is 11.6. The first-order valence-electron chi connectivity index (χ1n) is 16.2. The third-order valence-electron chi connectivity index (χ3n) is 7.74. The molecule has 14 heteroatoms. The lowest BCUT2D eigenvalue weighted by Gasteiger charge is -2.40. The van der Waals surface area contributed by atoms with Gasteiger partial charge in [0.05, 0.1) is 4.58 Å². The van der Waals surface area contributed by atoms with Gasteiger partial charge < -0.3 is 14.6 Å². The lowest BCUT2D eigenvalue weighted by molar-refractivity contribution is -0.0509. The molecule has 288 valence electrons. The predicted octanol–water partition coefficient (Wildman–Crippen LogP) is 12.2. The molecule has 53 heavy (non-hydrogen) atoms. The summed E-state index contributed by atoms with van der Waals surface area (Å²) < 4.78 is 83.6. The van der Waals surface area contributed by atoms with E-state index in [1.54, 1.807) is 73.8 Å². The Bertz CT molecular complexity index is 1740. The minimum atomic E-state index is -2.88. The van der Waals surface area contributed by atoms with E-state index >= 15 is 0 Å². The van der Waals surface area contributed by atoms with Crippen LogP contribution >= 0.6 is 47.0 Å². The second-order valence-corrected chi connectivity index (χ2v) is 17.2. The third-order valence-corrected chi connectivity index (χ3v) is 14.2. The van der Waals surface area contributed by atoms with Gasteiger partial charge in [0.1, 0.15) is 39.6 Å². The quantitative estimate of drug-likeness (QED) is 0.132. The zero-order chi connectivity index (χ0) is 37.7. The highest BCUT2D eigenvalue weighted by Gasteiger charge is 2.43. The molecule has 1 N–H and O–H groups in total. The maximum atomic E-state index is 13.6. The average Bonchev–Trinajstić information content (AvgIpc) is 3.14. The van der Waals surface area contributed by atoms with E-state index in [-0.39, 0.29) is 24.7 Å². The van der Waals surface area contributed by atoms with Crippen LogP contribution in [0.3, 0.4) is 0 Å². The van der Waals surface area contributed by atoms with E-state index in [2.05, 4.69) is 9.47 Å². The summed E-state index contributed by atoms with van der Waals surface area (Å²) in [5.41, 5.74) is 3.96. The Balaban J connectivity index is 0.000000235. The van der Waals surface area contributed by atoms with Crippen molar-refractivity contribution in [3.63, 3.8) is 0 Å². The number of alkyl halides is 4. The van der Waals surface area contributed by atoms with Crippen molar-refractivity contribution in [2.45, 2.75) is 62.1 Å². The van der Waals surface area contributed by atoms with E-state index in [0.717, 1.165) is 29.1 Å². The van der Waals surface area contributed by atoms with Gasteiger partial charge in [-0.15, -0.1) is 47.0 Å². The van der Waals surface area contributed by atoms with Gasteiger partial charge in [-0.1, -0.05) is 43.8 Å². The van der Waals surface area contributed by atoms with Crippen LogP contribution in [-0.2, 0) is 4.08 Å². The first kappa shape index (κ1) is 44.5. The standard InChI is InChI=1S/C19H19F3O2S2.C10H11FS2.C9H8F2O2.CH4/c1-12-10-14(6-7-16(12)24-18(21)22)19(25-8-3-9-26-19)17(23)13-4-2-5-15(20)11-13;11-9-4-1-3-8(7-9)10-12-5-2-6-13-10;1-6-4-7(5-12)2-3-8(6)13-9(10)11;/h2,4-7,10-11,17-18,23H,3,8-9H2,1H3;1,3-4,7,10H,2,5-6H2;2-5,9H,1H3;1H4. The SMILES string of the molecule is C.Cc1cc(C2(C(O)c3cccc(F)c3)SCCCS2)ccc1OC(F)F.Cc1cc(C=O)ccc1OC(F)F.Fc1cccc(C2SCCCS2)c1. The number of benzene rings is 4. The Morgan fingerprint density at radius 2 is 1.28 bits per heavy atom. The van der Waals surface area contributed by atoms with E-state index in [4.69, 9.17) is 0 Å². The molecule has 2 fully saturated rings. The second kappa shape index (κ2) is 21.8. The highest BCUT2D eigenvalue weighted by Crippen LogP contribution is 2.58. The van der Waals surface area contributed by atoms with Gasteiger partial charge >= 0.3 is 13.2 Å². The summed E-state index contributed by atoms with van der Waals surface area (Å²) in [5.74, 6) is 3.80. The maximum Gasteiger partial charge on any atom is 0.387 e. The van der Waals surface area contributed by atoms with E-state index in [0.29, 0.717) is 33.1 Å². The number of aliphatic hydroxyl groups is 1. The molecule has 1 atom stereocenters. The van der Waals surface area contributed by atoms with Crippen LogP contribution in [0.4, 0.5) is 26.3 Å². The van der Waals surface area contributed by atoms with Crippen molar-refractivity contribution < 1.29 is 45.7 Å². The van der Waals surface area contributed by atoms with Gasteiger partial charge in [-0.2, -0.15) is 17.6 Å². The van der Waals surface area contributed by atoms with Gasteiger partial charge in [0.25, 0.3) is 0 Å². The molecule has 2 saturated heterocycles. The summed E-state index contributed by atoms with van der Waals surface area (Å²) in [6, 6.07) is 22.2. The van der Waals surface area contributed by atoms with Crippen molar-refractivity contribution in [3.05, 3.63) is 130 Å². The van der Waals surface area contributed by atoms with E-state index < -0.39 is 29.2 Å². The molecule has 2 aliphatic rings. The van der Waals surface area contributed by atoms with Gasteiger partial charge in [0.15, 0.2) is 0 Å². The number of thioether (sulfide) groups is 4. The molecular formula is C39H42F6O4S4. The normalized spacial score (nSPS) is 15.9. The smallest absolute Gasteiger partial charge is 0.387 e. The molecule has 0 spiro atoms. The first-order chi connectivity index (χ1) is 24.9. The molecule has 0 amide bonds. The minimum Gasteiger partial charge on any atom is -0.435 e. The van der Waals surface area contributed by atoms with Crippen molar-refractivity contribution in [1.82, 2.24) is 0 Å². The molecule has 4 aromatic rings. The molecule has 2 heterocycles. The number of halogens is 6. The molecule has 4 aromatic carbocycles. The number of ether oxygens (including phenoxy) is 2. The zero-order valence-electron chi connectivity index (χ0n) is 28.3. The van der Waals surface area contributed by atoms with Crippen molar-refractivity contribution >= 4 is 53.3 Å². The summed E-state index contributed by atoms with van der Waals surface area (Å²) in [6.45, 7) is -2.42. The number of hydrogen-bond donors (Lipinski definition) is 1. The lowest BCUT2D eigenvalue weighted by atomic mass is 9.98. The number of carbonyl (C=O) groups excluding carboxylic acids is 1. The monoisotopic (exact) mass is 816 g/mol. The maximum absolute atomic E-state index is 13.6. The molecule has 0 radical (unpaired) electrons. The van der Waals surface area contributed by atoms with Gasteiger partial charge in [0, 0.05) is 5.56 Å². The van der Waals surface area contributed by atoms with Crippen LogP contribution in [0.25, 0.3) is 0 Å². The van der Waals surface area contributed by atoms with Crippen molar-refractivity contribution in [2.75, 3.05) is 23.0 Å². The molecule has 2 aliphatic heterocycles. The van der Waals surface area contributed by atoms with Crippen LogP contribution < -0.4 is 9.47 Å². The van der Waals surface area contributed by atoms with Crippen LogP contribution in [0.1, 0.15) is 69.1 Å². The Morgan fingerprint density at radius 1 is 0.736 bits per heavy atom.